The molecule has 1 amide bonds. The number of hydrogen-bond donors (Lipinski definition) is 1. The molecule has 0 spiro atoms. The predicted octanol–water partition coefficient (Wildman–Crippen LogP) is 2.46. The minimum absolute atomic E-state index is 0.000890. The molecule has 3 nitrogen and oxygen atoms in total. The fourth-order valence-electron chi connectivity index (χ4n) is 1.45. The van der Waals surface area contributed by atoms with Gasteiger partial charge in [-0.25, -0.2) is 4.39 Å². The molecule has 0 aromatic heterocycles. The molecule has 0 saturated heterocycles. The van der Waals surface area contributed by atoms with Crippen LogP contribution >= 0.6 is 11.8 Å². The van der Waals surface area contributed by atoms with Gasteiger partial charge in [0.05, 0.1) is 6.61 Å². The fraction of sp³-hybridized carbons (Fsp3) is 0.462. The van der Waals surface area contributed by atoms with Crippen molar-refractivity contribution in [1.82, 2.24) is 5.32 Å². The molecule has 1 rings (SSSR count). The van der Waals surface area contributed by atoms with Crippen molar-refractivity contribution in [3.8, 4) is 0 Å². The van der Waals surface area contributed by atoms with Gasteiger partial charge in [-0.2, -0.15) is 0 Å². The number of amides is 1. The van der Waals surface area contributed by atoms with Crippen LogP contribution in [0.15, 0.2) is 29.2 Å². The summed E-state index contributed by atoms with van der Waals surface area (Å²) in [6.45, 7) is 2.37. The van der Waals surface area contributed by atoms with Crippen molar-refractivity contribution in [2.45, 2.75) is 24.3 Å². The van der Waals surface area contributed by atoms with Crippen molar-refractivity contribution < 1.29 is 13.9 Å². The summed E-state index contributed by atoms with van der Waals surface area (Å²) >= 11 is 1.35. The van der Waals surface area contributed by atoms with E-state index in [4.69, 9.17) is 4.74 Å². The standard InChI is InChI=1S/C13H18FNO2S/c1-10(9-17-2)15-13(16)7-8-18-12-6-4-3-5-11(12)14/h3-6,10H,7-9H2,1-2H3,(H,15,16)/t10-/m1/s1. The van der Waals surface area contributed by atoms with Crippen molar-refractivity contribution in [1.29, 1.82) is 0 Å². The molecule has 1 aromatic rings. The summed E-state index contributed by atoms with van der Waals surface area (Å²) in [6, 6.07) is 6.57. The fourth-order valence-corrected chi connectivity index (χ4v) is 2.34. The number of hydrogen-bond acceptors (Lipinski definition) is 3. The Hall–Kier alpha value is -1.07. The summed E-state index contributed by atoms with van der Waals surface area (Å²) in [5, 5.41) is 2.81. The van der Waals surface area contributed by atoms with Gasteiger partial charge in [-0.05, 0) is 19.1 Å². The molecular formula is C13H18FNO2S. The van der Waals surface area contributed by atoms with E-state index in [-0.39, 0.29) is 17.8 Å². The molecule has 0 fully saturated rings. The zero-order valence-corrected chi connectivity index (χ0v) is 11.4. The average Bonchev–Trinajstić information content (AvgIpc) is 2.31. The molecule has 100 valence electrons. The number of rotatable bonds is 7. The van der Waals surface area contributed by atoms with Crippen LogP contribution in [-0.2, 0) is 9.53 Å². The molecule has 0 aliphatic carbocycles. The van der Waals surface area contributed by atoms with Gasteiger partial charge in [0.15, 0.2) is 0 Å². The van der Waals surface area contributed by atoms with Gasteiger partial charge in [-0.1, -0.05) is 12.1 Å². The number of nitrogens with one attached hydrogen (secondary N) is 1. The van der Waals surface area contributed by atoms with E-state index in [1.807, 2.05) is 6.92 Å². The van der Waals surface area contributed by atoms with Crippen LogP contribution in [0.4, 0.5) is 4.39 Å². The maximum Gasteiger partial charge on any atom is 0.221 e. The SMILES string of the molecule is COC[C@@H](C)NC(=O)CCSc1ccccc1F. The lowest BCUT2D eigenvalue weighted by Crippen LogP contribution is -2.35. The minimum atomic E-state index is -0.240. The third kappa shape index (κ3) is 5.51. The van der Waals surface area contributed by atoms with E-state index in [1.165, 1.54) is 17.8 Å². The molecule has 0 bridgehead atoms. The molecule has 1 aromatic carbocycles. The van der Waals surface area contributed by atoms with Gasteiger partial charge in [0, 0.05) is 30.2 Å². The highest BCUT2D eigenvalue weighted by Gasteiger charge is 2.07. The number of methoxy groups -OCH3 is 1. The van der Waals surface area contributed by atoms with Gasteiger partial charge in [-0.15, -0.1) is 11.8 Å². The molecule has 0 radical (unpaired) electrons. The number of halogens is 1. The van der Waals surface area contributed by atoms with E-state index >= 15 is 0 Å². The second-order valence-electron chi connectivity index (χ2n) is 3.95. The van der Waals surface area contributed by atoms with Crippen molar-refractivity contribution in [3.63, 3.8) is 0 Å². The monoisotopic (exact) mass is 271 g/mol. The van der Waals surface area contributed by atoms with Crippen LogP contribution in [0.2, 0.25) is 0 Å². The van der Waals surface area contributed by atoms with E-state index < -0.39 is 0 Å². The molecule has 0 aliphatic heterocycles. The zero-order valence-electron chi connectivity index (χ0n) is 10.6. The second kappa shape index (κ2) is 8.11. The number of thioether (sulfide) groups is 1. The Kier molecular flexibility index (Phi) is 6.75. The number of carbonyl (C=O) groups is 1. The molecule has 1 atom stereocenters. The van der Waals surface area contributed by atoms with Crippen molar-refractivity contribution in [2.75, 3.05) is 19.5 Å². The average molecular weight is 271 g/mol. The van der Waals surface area contributed by atoms with E-state index in [0.29, 0.717) is 23.7 Å². The van der Waals surface area contributed by atoms with Crippen LogP contribution in [0, 0.1) is 5.82 Å². The molecule has 0 aliphatic rings. The highest BCUT2D eigenvalue weighted by molar-refractivity contribution is 7.99. The Morgan fingerprint density at radius 2 is 2.22 bits per heavy atom. The first-order valence-electron chi connectivity index (χ1n) is 5.79. The third-order valence-corrected chi connectivity index (χ3v) is 3.30. The summed E-state index contributed by atoms with van der Waals surface area (Å²) in [6.07, 6.45) is 0.368. The van der Waals surface area contributed by atoms with Crippen LogP contribution in [0.1, 0.15) is 13.3 Å². The molecule has 1 N–H and O–H groups in total. The summed E-state index contributed by atoms with van der Waals surface area (Å²) in [5.41, 5.74) is 0. The lowest BCUT2D eigenvalue weighted by molar-refractivity contribution is -0.121. The van der Waals surface area contributed by atoms with Gasteiger partial charge in [0.1, 0.15) is 5.82 Å². The smallest absolute Gasteiger partial charge is 0.221 e. The molecule has 0 saturated carbocycles. The molecule has 0 heterocycles. The van der Waals surface area contributed by atoms with Gasteiger partial charge in [0.25, 0.3) is 0 Å². The molecule has 0 unspecified atom stereocenters. The summed E-state index contributed by atoms with van der Waals surface area (Å²) < 4.78 is 18.2. The molecular weight excluding hydrogens is 253 g/mol. The van der Waals surface area contributed by atoms with Gasteiger partial charge < -0.3 is 10.1 Å². The summed E-state index contributed by atoms with van der Waals surface area (Å²) in [7, 11) is 1.59. The van der Waals surface area contributed by atoms with Crippen molar-refractivity contribution in [2.24, 2.45) is 0 Å². The Bertz CT molecular complexity index is 387. The Balaban J connectivity index is 2.25. The van der Waals surface area contributed by atoms with Gasteiger partial charge in [0.2, 0.25) is 5.91 Å². The quantitative estimate of drug-likeness (QED) is 0.774. The minimum Gasteiger partial charge on any atom is -0.383 e. The Morgan fingerprint density at radius 3 is 2.89 bits per heavy atom. The van der Waals surface area contributed by atoms with Crippen molar-refractivity contribution >= 4 is 17.7 Å². The summed E-state index contributed by atoms with van der Waals surface area (Å²) in [4.78, 5) is 12.1. The number of carbonyl (C=O) groups excluding carboxylic acids is 1. The first-order valence-corrected chi connectivity index (χ1v) is 6.77. The lowest BCUT2D eigenvalue weighted by Gasteiger charge is -2.12. The van der Waals surface area contributed by atoms with Crippen LogP contribution in [0.3, 0.4) is 0 Å². The number of benzene rings is 1. The van der Waals surface area contributed by atoms with E-state index in [9.17, 15) is 9.18 Å². The zero-order chi connectivity index (χ0) is 13.4. The van der Waals surface area contributed by atoms with Crippen molar-refractivity contribution in [3.05, 3.63) is 30.1 Å². The first-order chi connectivity index (χ1) is 8.63. The lowest BCUT2D eigenvalue weighted by atomic mass is 10.3. The van der Waals surface area contributed by atoms with Crippen LogP contribution in [-0.4, -0.2) is 31.4 Å². The highest BCUT2D eigenvalue weighted by Crippen LogP contribution is 2.21. The summed E-state index contributed by atoms with van der Waals surface area (Å²) in [5.74, 6) is 0.283. The number of ether oxygens (including phenoxy) is 1. The normalized spacial score (nSPS) is 12.2. The van der Waals surface area contributed by atoms with E-state index in [2.05, 4.69) is 5.32 Å². The van der Waals surface area contributed by atoms with Gasteiger partial charge >= 0.3 is 0 Å². The first kappa shape index (κ1) is 15.0. The van der Waals surface area contributed by atoms with E-state index in [1.54, 1.807) is 25.3 Å². The Morgan fingerprint density at radius 1 is 1.50 bits per heavy atom. The molecule has 5 heteroatoms. The Labute approximate surface area is 111 Å². The largest absolute Gasteiger partial charge is 0.383 e. The van der Waals surface area contributed by atoms with Gasteiger partial charge in [-0.3, -0.25) is 4.79 Å². The molecule has 18 heavy (non-hydrogen) atoms. The van der Waals surface area contributed by atoms with E-state index in [0.717, 1.165) is 0 Å². The third-order valence-electron chi connectivity index (χ3n) is 2.25. The second-order valence-corrected chi connectivity index (χ2v) is 5.09. The van der Waals surface area contributed by atoms with Crippen LogP contribution in [0.25, 0.3) is 0 Å². The predicted molar refractivity (Wildman–Crippen MR) is 71.2 cm³/mol. The van der Waals surface area contributed by atoms with Crippen LogP contribution in [0.5, 0.6) is 0 Å². The maximum atomic E-state index is 13.3. The van der Waals surface area contributed by atoms with Crippen LogP contribution < -0.4 is 5.32 Å². The maximum absolute atomic E-state index is 13.3. The highest BCUT2D eigenvalue weighted by atomic mass is 32.2. The topological polar surface area (TPSA) is 38.3 Å².